The van der Waals surface area contributed by atoms with E-state index in [2.05, 4.69) is 14.1 Å². The highest BCUT2D eigenvalue weighted by molar-refractivity contribution is 5.80. The third-order valence-corrected chi connectivity index (χ3v) is 4.21. The molecule has 15 heavy (non-hydrogen) atoms. The number of ether oxygens (including phenoxy) is 2. The number of ketones is 1. The fourth-order valence-electron chi connectivity index (χ4n) is 3.28. The number of piperidine rings is 1. The van der Waals surface area contributed by atoms with Crippen LogP contribution < -0.4 is 0 Å². The number of methoxy groups -OCH3 is 2. The van der Waals surface area contributed by atoms with E-state index in [0.717, 1.165) is 4.48 Å². The summed E-state index contributed by atoms with van der Waals surface area (Å²) in [5, 5.41) is 0. The first-order valence-corrected chi connectivity index (χ1v) is 5.43. The molecule has 0 amide bonds. The number of nitrogens with zero attached hydrogens (tertiary/aromatic N) is 1. The number of hydrogen-bond acceptors (Lipinski definition) is 3. The Morgan fingerprint density at radius 1 is 1.07 bits per heavy atom. The number of carbonyl (C=O) groups is 1. The van der Waals surface area contributed by atoms with E-state index in [0.29, 0.717) is 18.6 Å². The summed E-state index contributed by atoms with van der Waals surface area (Å²) in [6.45, 7) is 0. The molecule has 2 heterocycles. The van der Waals surface area contributed by atoms with Gasteiger partial charge in [-0.25, -0.2) is 0 Å². The van der Waals surface area contributed by atoms with Crippen molar-refractivity contribution in [2.24, 2.45) is 0 Å². The van der Waals surface area contributed by atoms with E-state index in [1.165, 1.54) is 0 Å². The third-order valence-electron chi connectivity index (χ3n) is 4.21. The number of fused-ring (bicyclic) bond motifs is 2. The van der Waals surface area contributed by atoms with Crippen LogP contribution in [0.3, 0.4) is 0 Å². The van der Waals surface area contributed by atoms with Crippen LogP contribution in [-0.2, 0) is 14.3 Å². The standard InChI is InChI=1S/C11H20NO3/c1-12(2)8-5-7(13)6-9(12)11(15-4)10(8)14-3/h8-11H,5-6H2,1-4H3/q+1/t8-,9-,10-,11+/m1/s1. The molecule has 0 spiro atoms. The number of Topliss-reactive ketones (excluding diaryl/α,β-unsaturated/α-hetero) is 1. The van der Waals surface area contributed by atoms with Crippen molar-refractivity contribution in [1.82, 2.24) is 0 Å². The van der Waals surface area contributed by atoms with E-state index >= 15 is 0 Å². The summed E-state index contributed by atoms with van der Waals surface area (Å²) in [7, 11) is 7.77. The minimum Gasteiger partial charge on any atom is -0.372 e. The van der Waals surface area contributed by atoms with E-state index in [9.17, 15) is 4.79 Å². The SMILES string of the molecule is CO[C@@H]1[C@H](OC)[C@H]2CC(=O)C[C@H]1[N+]2(C)C. The maximum Gasteiger partial charge on any atom is 0.144 e. The van der Waals surface area contributed by atoms with Gasteiger partial charge >= 0.3 is 0 Å². The van der Waals surface area contributed by atoms with Gasteiger partial charge in [-0.3, -0.25) is 4.79 Å². The van der Waals surface area contributed by atoms with Gasteiger partial charge < -0.3 is 14.0 Å². The molecule has 4 atom stereocenters. The lowest BCUT2D eigenvalue weighted by atomic mass is 9.99. The number of hydrogen-bond donors (Lipinski definition) is 0. The Hall–Kier alpha value is -0.450. The fourth-order valence-corrected chi connectivity index (χ4v) is 3.28. The van der Waals surface area contributed by atoms with Gasteiger partial charge in [0.25, 0.3) is 0 Å². The van der Waals surface area contributed by atoms with Gasteiger partial charge in [0.2, 0.25) is 0 Å². The molecule has 0 unspecified atom stereocenters. The van der Waals surface area contributed by atoms with Gasteiger partial charge in [0.05, 0.1) is 26.9 Å². The highest BCUT2D eigenvalue weighted by atomic mass is 16.5. The predicted molar refractivity (Wildman–Crippen MR) is 55.5 cm³/mol. The van der Waals surface area contributed by atoms with Crippen LogP contribution in [0.5, 0.6) is 0 Å². The first-order chi connectivity index (χ1) is 7.02. The lowest BCUT2D eigenvalue weighted by Gasteiger charge is -2.40. The van der Waals surface area contributed by atoms with E-state index < -0.39 is 0 Å². The number of quaternary nitrogens is 1. The minimum absolute atomic E-state index is 0.0569. The fraction of sp³-hybridized carbons (Fsp3) is 0.909. The molecule has 2 rings (SSSR count). The summed E-state index contributed by atoms with van der Waals surface area (Å²) < 4.78 is 11.9. The van der Waals surface area contributed by atoms with Crippen LogP contribution in [0.25, 0.3) is 0 Å². The molecule has 86 valence electrons. The van der Waals surface area contributed by atoms with Crippen molar-refractivity contribution in [1.29, 1.82) is 0 Å². The number of likely N-dealkylation sites (N-methyl/N-ethyl adjacent to an activating group) is 1. The molecular formula is C11H20NO3+. The molecule has 0 aromatic rings. The highest BCUT2D eigenvalue weighted by Gasteiger charge is 2.61. The number of carbonyl (C=O) groups excluding carboxylic acids is 1. The van der Waals surface area contributed by atoms with Crippen molar-refractivity contribution in [3.05, 3.63) is 0 Å². The molecule has 0 saturated carbocycles. The second-order valence-electron chi connectivity index (χ2n) is 5.11. The van der Waals surface area contributed by atoms with Crippen molar-refractivity contribution in [2.45, 2.75) is 37.1 Å². The lowest BCUT2D eigenvalue weighted by Crippen LogP contribution is -2.57. The predicted octanol–water partition coefficient (Wildman–Crippen LogP) is 0.206. The highest BCUT2D eigenvalue weighted by Crippen LogP contribution is 2.40. The minimum atomic E-state index is 0.0569. The van der Waals surface area contributed by atoms with E-state index in [1.54, 1.807) is 14.2 Å². The Morgan fingerprint density at radius 3 is 1.80 bits per heavy atom. The van der Waals surface area contributed by atoms with Crippen molar-refractivity contribution in [2.75, 3.05) is 28.3 Å². The van der Waals surface area contributed by atoms with Crippen LogP contribution in [0.4, 0.5) is 0 Å². The summed E-state index contributed by atoms with van der Waals surface area (Å²) in [4.78, 5) is 11.6. The average molecular weight is 214 g/mol. The van der Waals surface area contributed by atoms with E-state index in [1.807, 2.05) is 0 Å². The molecule has 2 saturated heterocycles. The Balaban J connectivity index is 2.35. The smallest absolute Gasteiger partial charge is 0.144 e. The normalized spacial score (nSPS) is 43.3. The molecule has 0 aliphatic carbocycles. The molecule has 0 aromatic heterocycles. The second kappa shape index (κ2) is 3.54. The van der Waals surface area contributed by atoms with Crippen molar-refractivity contribution in [3.8, 4) is 0 Å². The van der Waals surface area contributed by atoms with Crippen molar-refractivity contribution < 1.29 is 18.8 Å². The monoisotopic (exact) mass is 214 g/mol. The molecule has 4 nitrogen and oxygen atoms in total. The first-order valence-electron chi connectivity index (χ1n) is 5.43. The Morgan fingerprint density at radius 2 is 1.47 bits per heavy atom. The van der Waals surface area contributed by atoms with Gasteiger partial charge in [-0.15, -0.1) is 0 Å². The Kier molecular flexibility index (Phi) is 2.61. The van der Waals surface area contributed by atoms with Gasteiger partial charge in [0.1, 0.15) is 30.1 Å². The number of rotatable bonds is 2. The quantitative estimate of drug-likeness (QED) is 0.616. The lowest BCUT2D eigenvalue weighted by molar-refractivity contribution is -0.929. The van der Waals surface area contributed by atoms with E-state index in [-0.39, 0.29) is 24.3 Å². The van der Waals surface area contributed by atoms with Crippen LogP contribution >= 0.6 is 0 Å². The molecule has 4 heteroatoms. The average Bonchev–Trinajstić information content (AvgIpc) is 2.33. The molecule has 2 aliphatic heterocycles. The van der Waals surface area contributed by atoms with Crippen molar-refractivity contribution >= 4 is 5.78 Å². The molecule has 0 N–H and O–H groups in total. The first kappa shape index (κ1) is 11.0. The largest absolute Gasteiger partial charge is 0.372 e. The van der Waals surface area contributed by atoms with Gasteiger partial charge in [-0.2, -0.15) is 0 Å². The van der Waals surface area contributed by atoms with Gasteiger partial charge in [0.15, 0.2) is 0 Å². The zero-order valence-electron chi connectivity index (χ0n) is 9.90. The molecular weight excluding hydrogens is 194 g/mol. The summed E-state index contributed by atoms with van der Waals surface area (Å²) >= 11 is 0. The topological polar surface area (TPSA) is 35.5 Å². The summed E-state index contributed by atoms with van der Waals surface area (Å²) in [5.41, 5.74) is 0. The molecule has 2 bridgehead atoms. The molecule has 0 aromatic carbocycles. The van der Waals surface area contributed by atoms with Crippen LogP contribution in [0.1, 0.15) is 12.8 Å². The van der Waals surface area contributed by atoms with Gasteiger partial charge in [0, 0.05) is 14.2 Å². The van der Waals surface area contributed by atoms with Crippen LogP contribution in [0, 0.1) is 0 Å². The van der Waals surface area contributed by atoms with Crippen LogP contribution in [0.15, 0.2) is 0 Å². The third kappa shape index (κ3) is 1.43. The molecule has 0 radical (unpaired) electrons. The summed E-state index contributed by atoms with van der Waals surface area (Å²) in [6.07, 6.45) is 1.37. The Labute approximate surface area is 90.7 Å². The molecule has 2 aliphatic rings. The van der Waals surface area contributed by atoms with Crippen LogP contribution in [0.2, 0.25) is 0 Å². The maximum absolute atomic E-state index is 11.6. The van der Waals surface area contributed by atoms with Crippen LogP contribution in [-0.4, -0.2) is 62.9 Å². The zero-order chi connectivity index (χ0) is 11.2. The molecule has 2 fully saturated rings. The zero-order valence-corrected chi connectivity index (χ0v) is 9.90. The second-order valence-corrected chi connectivity index (χ2v) is 5.11. The van der Waals surface area contributed by atoms with Crippen molar-refractivity contribution in [3.63, 3.8) is 0 Å². The van der Waals surface area contributed by atoms with E-state index in [4.69, 9.17) is 9.47 Å². The van der Waals surface area contributed by atoms with Gasteiger partial charge in [-0.05, 0) is 0 Å². The Bertz CT molecular complexity index is 253. The summed E-state index contributed by atoms with van der Waals surface area (Å²) in [6, 6.07) is 0.511. The van der Waals surface area contributed by atoms with Gasteiger partial charge in [-0.1, -0.05) is 0 Å². The maximum atomic E-state index is 11.6. The summed E-state index contributed by atoms with van der Waals surface area (Å²) in [5.74, 6) is 0.351.